The second-order valence-electron chi connectivity index (χ2n) is 7.46. The number of halogens is 13. The molecule has 20 heteroatoms. The van der Waals surface area contributed by atoms with Gasteiger partial charge < -0.3 is 11.1 Å². The smallest absolute Gasteiger partial charge is 0.398 e. The molecule has 218 valence electrons. The van der Waals surface area contributed by atoms with E-state index in [0.29, 0.717) is 6.07 Å². The third-order valence-corrected chi connectivity index (χ3v) is 6.46. The number of carbonyl (C=O) groups excluding carboxylic acids is 3. The summed E-state index contributed by atoms with van der Waals surface area (Å²) in [6.45, 7) is 1.85. The molecular formula is C18H15F13N2O3S2. The maximum absolute atomic E-state index is 12.6. The lowest BCUT2D eigenvalue weighted by Crippen LogP contribution is -2.30. The number of amides is 1. The predicted molar refractivity (Wildman–Crippen MR) is 115 cm³/mol. The summed E-state index contributed by atoms with van der Waals surface area (Å²) in [7, 11) is -19.9. The molecule has 0 aliphatic carbocycles. The number of nitrogens with one attached hydrogen (secondary N) is 1. The van der Waals surface area contributed by atoms with Gasteiger partial charge >= 0.3 is 32.5 Å². The second kappa shape index (κ2) is 8.17. The molecule has 38 heavy (non-hydrogen) atoms. The molecule has 0 aliphatic heterocycles. The Labute approximate surface area is 204 Å². The summed E-state index contributed by atoms with van der Waals surface area (Å²) in [5.41, 5.74) is 2.19. The van der Waals surface area contributed by atoms with Crippen molar-refractivity contribution in [3.05, 3.63) is 47.5 Å². The quantitative estimate of drug-likeness (QED) is 0.199. The Balaban J connectivity index is 0.000000399. The molecule has 0 radical (unpaired) electrons. The molecule has 0 bridgehead atoms. The van der Waals surface area contributed by atoms with Gasteiger partial charge in [-0.25, -0.2) is 0 Å². The lowest BCUT2D eigenvalue weighted by molar-refractivity contribution is -0.167. The molecule has 0 saturated heterocycles. The number of nitrogen functional groups attached to an aromatic ring is 1. The fraction of sp³-hybridized carbons (Fsp3) is 0.167. The van der Waals surface area contributed by atoms with E-state index >= 15 is 0 Å². The van der Waals surface area contributed by atoms with Crippen molar-refractivity contribution in [2.45, 2.75) is 29.8 Å². The summed E-state index contributed by atoms with van der Waals surface area (Å²) >= 11 is 0. The van der Waals surface area contributed by atoms with E-state index in [0.717, 1.165) is 19.2 Å². The van der Waals surface area contributed by atoms with Crippen molar-refractivity contribution >= 4 is 49.3 Å². The lowest BCUT2D eigenvalue weighted by atomic mass is 10.1. The summed E-state index contributed by atoms with van der Waals surface area (Å²) in [4.78, 5) is 28.1. The number of rotatable bonds is 5. The number of alkyl halides is 3. The monoisotopic (exact) mass is 618 g/mol. The van der Waals surface area contributed by atoms with Gasteiger partial charge in [-0.1, -0.05) is 38.9 Å². The summed E-state index contributed by atoms with van der Waals surface area (Å²) < 4.78 is 161. The van der Waals surface area contributed by atoms with Crippen LogP contribution in [0.2, 0.25) is 0 Å². The Morgan fingerprint density at radius 3 is 1.37 bits per heavy atom. The fourth-order valence-electron chi connectivity index (χ4n) is 2.47. The van der Waals surface area contributed by atoms with E-state index in [1.165, 1.54) is 0 Å². The first kappa shape index (κ1) is 32.9. The zero-order valence-corrected chi connectivity index (χ0v) is 20.1. The van der Waals surface area contributed by atoms with Crippen LogP contribution < -0.4 is 11.1 Å². The van der Waals surface area contributed by atoms with Crippen LogP contribution in [0.3, 0.4) is 0 Å². The Hall–Kier alpha value is -3.16. The number of carbonyl (C=O) groups is 3. The van der Waals surface area contributed by atoms with Crippen molar-refractivity contribution in [1.29, 1.82) is 0 Å². The summed E-state index contributed by atoms with van der Waals surface area (Å²) in [5.74, 6) is -4.31. The first-order chi connectivity index (χ1) is 16.2. The van der Waals surface area contributed by atoms with Crippen LogP contribution in [0, 0.1) is 0 Å². The Morgan fingerprint density at radius 1 is 0.684 bits per heavy atom. The van der Waals surface area contributed by atoms with Crippen molar-refractivity contribution in [2.24, 2.45) is 0 Å². The molecule has 0 saturated carbocycles. The molecule has 0 atom stereocenters. The number of ketones is 2. The van der Waals surface area contributed by atoms with E-state index in [1.54, 1.807) is 0 Å². The van der Waals surface area contributed by atoms with Crippen molar-refractivity contribution in [1.82, 2.24) is 0 Å². The van der Waals surface area contributed by atoms with Crippen LogP contribution in [0.25, 0.3) is 0 Å². The number of Topliss-reactive ketones (excluding diaryl/α,β-unsaturated/α-hetero) is 2. The van der Waals surface area contributed by atoms with Crippen molar-refractivity contribution in [3.63, 3.8) is 0 Å². The molecule has 0 spiro atoms. The van der Waals surface area contributed by atoms with Gasteiger partial charge in [0.1, 0.15) is 9.79 Å². The van der Waals surface area contributed by atoms with Gasteiger partial charge in [-0.15, -0.1) is 0 Å². The van der Waals surface area contributed by atoms with E-state index in [9.17, 15) is 66.4 Å². The third-order valence-electron chi connectivity index (χ3n) is 4.17. The number of nitrogens with two attached hydrogens (primary N) is 1. The average molecular weight is 618 g/mol. The van der Waals surface area contributed by atoms with Crippen LogP contribution in [-0.4, -0.2) is 23.6 Å². The highest BCUT2D eigenvalue weighted by Crippen LogP contribution is 3.02. The van der Waals surface area contributed by atoms with Crippen LogP contribution in [0.15, 0.2) is 46.2 Å². The zero-order valence-electron chi connectivity index (χ0n) is 18.5. The third kappa shape index (κ3) is 8.99. The fourth-order valence-corrected chi connectivity index (χ4v) is 3.81. The van der Waals surface area contributed by atoms with Gasteiger partial charge in [-0.3, -0.25) is 14.4 Å². The van der Waals surface area contributed by atoms with Gasteiger partial charge in [0.25, 0.3) is 0 Å². The van der Waals surface area contributed by atoms with Gasteiger partial charge in [0, 0.05) is 16.8 Å². The molecule has 0 aliphatic rings. The van der Waals surface area contributed by atoms with Crippen molar-refractivity contribution in [3.8, 4) is 0 Å². The zero-order chi connectivity index (χ0) is 30.5. The molecule has 2 aromatic rings. The van der Waals surface area contributed by atoms with E-state index in [4.69, 9.17) is 5.73 Å². The maximum Gasteiger partial charge on any atom is 0.471 e. The Bertz CT molecular complexity index is 1320. The van der Waals surface area contributed by atoms with Gasteiger partial charge in [0.15, 0.2) is 11.6 Å². The molecule has 2 aromatic carbocycles. The molecule has 1 amide bonds. The minimum absolute atomic E-state index is 0.0816. The Morgan fingerprint density at radius 2 is 1.05 bits per heavy atom. The van der Waals surface area contributed by atoms with Crippen LogP contribution >= 0.6 is 20.4 Å². The van der Waals surface area contributed by atoms with Crippen LogP contribution in [0.5, 0.6) is 0 Å². The highest BCUT2D eigenvalue weighted by molar-refractivity contribution is 8.46. The van der Waals surface area contributed by atoms with Crippen LogP contribution in [0.4, 0.5) is 63.4 Å². The van der Waals surface area contributed by atoms with Crippen molar-refractivity contribution < 1.29 is 66.4 Å². The number of anilines is 2. The molecule has 2 rings (SSSR count). The molecule has 0 unspecified atom stereocenters. The summed E-state index contributed by atoms with van der Waals surface area (Å²) in [5, 5.41) is 0.980. The molecule has 0 aromatic heterocycles. The highest BCUT2D eigenvalue weighted by atomic mass is 32.5. The predicted octanol–water partition coefficient (Wildman–Crippen LogP) is 9.18. The number of hydrogen-bond acceptors (Lipinski definition) is 4. The topological polar surface area (TPSA) is 89.3 Å². The minimum atomic E-state index is -10.2. The minimum Gasteiger partial charge on any atom is -0.398 e. The Kier molecular flexibility index (Phi) is 7.07. The largest absolute Gasteiger partial charge is 0.471 e. The van der Waals surface area contributed by atoms with Crippen LogP contribution in [0.1, 0.15) is 34.6 Å². The standard InChI is InChI=1S/C10H7F8NO2S.C8H8F5NOS/c1-5(20)7-3-2-6(22(14,15,16,17)18)4-8(7)19-9(21)10(11,12)13;1-5(15)7-3-2-6(4-8(7)14)16(9,10,11,12)13/h2-4H,1H3,(H,19,21);2-4H,14H2,1H3. The highest BCUT2D eigenvalue weighted by Gasteiger charge is 2.66. The van der Waals surface area contributed by atoms with Crippen molar-refractivity contribution in [2.75, 3.05) is 11.1 Å². The van der Waals surface area contributed by atoms with E-state index < -0.39 is 76.9 Å². The normalized spacial score (nSPS) is 16.0. The average Bonchev–Trinajstić information content (AvgIpc) is 2.63. The first-order valence-corrected chi connectivity index (χ1v) is 13.0. The summed E-state index contributed by atoms with van der Waals surface area (Å²) in [6, 6.07) is 0.614. The van der Waals surface area contributed by atoms with Gasteiger partial charge in [-0.05, 0) is 50.2 Å². The first-order valence-electron chi connectivity index (χ1n) is 9.15. The number of hydrogen-bond donors (Lipinski definition) is 2. The van der Waals surface area contributed by atoms with E-state index in [1.807, 2.05) is 0 Å². The number of benzene rings is 2. The molecule has 3 N–H and O–H groups in total. The molecular weight excluding hydrogens is 603 g/mol. The molecule has 0 heterocycles. The lowest BCUT2D eigenvalue weighted by Gasteiger charge is -2.40. The van der Waals surface area contributed by atoms with Gasteiger partial charge in [-0.2, -0.15) is 13.2 Å². The maximum atomic E-state index is 12.6. The molecule has 0 fully saturated rings. The second-order valence-corrected chi connectivity index (χ2v) is 12.3. The van der Waals surface area contributed by atoms with E-state index in [2.05, 4.69) is 0 Å². The SMILES string of the molecule is CC(=O)c1ccc(S(F)(F)(F)(F)F)cc1N.CC(=O)c1ccc(S(F)(F)(F)(F)F)cc1NC(=O)C(F)(F)F. The summed E-state index contributed by atoms with van der Waals surface area (Å²) in [6.07, 6.45) is -5.47. The molecule has 5 nitrogen and oxygen atoms in total. The van der Waals surface area contributed by atoms with E-state index in [-0.39, 0.29) is 29.8 Å². The van der Waals surface area contributed by atoms with Gasteiger partial charge in [0.2, 0.25) is 0 Å². The van der Waals surface area contributed by atoms with Crippen LogP contribution in [-0.2, 0) is 4.79 Å². The van der Waals surface area contributed by atoms with Gasteiger partial charge in [0.05, 0.1) is 5.69 Å².